The molecular formula is C14H18BrNO. The van der Waals surface area contributed by atoms with Gasteiger partial charge in [0.2, 0.25) is 5.91 Å². The summed E-state index contributed by atoms with van der Waals surface area (Å²) in [4.78, 5) is 12.1. The third-order valence-corrected chi connectivity index (χ3v) is 4.09. The average Bonchev–Trinajstić information content (AvgIpc) is 2.74. The molecule has 1 fully saturated rings. The zero-order chi connectivity index (χ0) is 12.3. The molecule has 0 aromatic heterocycles. The van der Waals surface area contributed by atoms with Gasteiger partial charge in [-0.25, -0.2) is 0 Å². The van der Waals surface area contributed by atoms with Crippen LogP contribution in [-0.2, 0) is 11.3 Å². The van der Waals surface area contributed by atoms with Gasteiger partial charge in [-0.2, -0.15) is 0 Å². The molecule has 0 heterocycles. The zero-order valence-electron chi connectivity index (χ0n) is 10.1. The maximum atomic E-state index is 12.1. The number of carbonyl (C=O) groups excluding carboxylic acids is 1. The number of hydrogen-bond acceptors (Lipinski definition) is 1. The van der Waals surface area contributed by atoms with Gasteiger partial charge in [0.25, 0.3) is 0 Å². The molecule has 2 nitrogen and oxygen atoms in total. The first-order valence-corrected chi connectivity index (χ1v) is 6.92. The van der Waals surface area contributed by atoms with E-state index >= 15 is 0 Å². The van der Waals surface area contributed by atoms with Crippen LogP contribution in [0.5, 0.6) is 0 Å². The van der Waals surface area contributed by atoms with Crippen LogP contribution in [0.2, 0.25) is 0 Å². The molecule has 1 aromatic carbocycles. The van der Waals surface area contributed by atoms with Crippen molar-refractivity contribution in [3.8, 4) is 0 Å². The van der Waals surface area contributed by atoms with Crippen molar-refractivity contribution in [1.29, 1.82) is 0 Å². The summed E-state index contributed by atoms with van der Waals surface area (Å²) in [6.45, 7) is 2.70. The van der Waals surface area contributed by atoms with Gasteiger partial charge in [-0.1, -0.05) is 47.8 Å². The van der Waals surface area contributed by atoms with E-state index in [0.29, 0.717) is 6.54 Å². The molecule has 1 amide bonds. The van der Waals surface area contributed by atoms with Gasteiger partial charge in [0, 0.05) is 16.4 Å². The second kappa shape index (κ2) is 5.21. The third-order valence-electron chi connectivity index (χ3n) is 3.60. The lowest BCUT2D eigenvalue weighted by Gasteiger charge is -2.22. The fourth-order valence-electron chi connectivity index (χ4n) is 2.43. The van der Waals surface area contributed by atoms with Crippen LogP contribution in [0.15, 0.2) is 28.7 Å². The number of rotatable bonds is 3. The van der Waals surface area contributed by atoms with Crippen molar-refractivity contribution >= 4 is 21.8 Å². The molecule has 0 saturated heterocycles. The molecule has 0 unspecified atom stereocenters. The fraction of sp³-hybridized carbons (Fsp3) is 0.500. The second-order valence-corrected chi connectivity index (χ2v) is 6.00. The van der Waals surface area contributed by atoms with Crippen molar-refractivity contribution < 1.29 is 4.79 Å². The lowest BCUT2D eigenvalue weighted by Crippen LogP contribution is -2.36. The van der Waals surface area contributed by atoms with Crippen molar-refractivity contribution in [2.75, 3.05) is 0 Å². The van der Waals surface area contributed by atoms with Gasteiger partial charge in [-0.05, 0) is 30.5 Å². The minimum atomic E-state index is -0.133. The van der Waals surface area contributed by atoms with Gasteiger partial charge >= 0.3 is 0 Å². The van der Waals surface area contributed by atoms with Crippen molar-refractivity contribution in [2.24, 2.45) is 5.41 Å². The smallest absolute Gasteiger partial charge is 0.226 e. The SMILES string of the molecule is CC1(C(=O)NCc2cccc(Br)c2)CCCC1. The topological polar surface area (TPSA) is 29.1 Å². The molecule has 1 aromatic rings. The van der Waals surface area contributed by atoms with Gasteiger partial charge in [0.05, 0.1) is 0 Å². The van der Waals surface area contributed by atoms with E-state index in [-0.39, 0.29) is 11.3 Å². The van der Waals surface area contributed by atoms with E-state index in [4.69, 9.17) is 0 Å². The van der Waals surface area contributed by atoms with Crippen LogP contribution in [0, 0.1) is 5.41 Å². The summed E-state index contributed by atoms with van der Waals surface area (Å²) in [5.74, 6) is 0.204. The van der Waals surface area contributed by atoms with Crippen molar-refractivity contribution in [3.63, 3.8) is 0 Å². The van der Waals surface area contributed by atoms with E-state index in [0.717, 1.165) is 22.9 Å². The van der Waals surface area contributed by atoms with Gasteiger partial charge in [-0.3, -0.25) is 4.79 Å². The Morgan fingerprint density at radius 1 is 1.41 bits per heavy atom. The van der Waals surface area contributed by atoms with Gasteiger partial charge < -0.3 is 5.32 Å². The largest absolute Gasteiger partial charge is 0.352 e. The summed E-state index contributed by atoms with van der Waals surface area (Å²) in [6.07, 6.45) is 4.41. The van der Waals surface area contributed by atoms with E-state index in [1.807, 2.05) is 24.3 Å². The molecule has 0 spiro atoms. The van der Waals surface area contributed by atoms with Crippen LogP contribution < -0.4 is 5.32 Å². The normalized spacial score (nSPS) is 18.0. The van der Waals surface area contributed by atoms with Gasteiger partial charge in [-0.15, -0.1) is 0 Å². The molecule has 3 heteroatoms. The standard InChI is InChI=1S/C14H18BrNO/c1-14(7-2-3-8-14)13(17)16-10-11-5-4-6-12(15)9-11/h4-6,9H,2-3,7-8,10H2,1H3,(H,16,17). The monoisotopic (exact) mass is 295 g/mol. The van der Waals surface area contributed by atoms with E-state index in [1.54, 1.807) is 0 Å². The van der Waals surface area contributed by atoms with E-state index in [1.165, 1.54) is 12.8 Å². The van der Waals surface area contributed by atoms with Gasteiger partial charge in [0.1, 0.15) is 0 Å². The van der Waals surface area contributed by atoms with Crippen LogP contribution in [0.4, 0.5) is 0 Å². The molecule has 0 atom stereocenters. The minimum Gasteiger partial charge on any atom is -0.352 e. The first-order chi connectivity index (χ1) is 8.10. The summed E-state index contributed by atoms with van der Waals surface area (Å²) in [6, 6.07) is 8.05. The lowest BCUT2D eigenvalue weighted by atomic mass is 9.88. The predicted molar refractivity (Wildman–Crippen MR) is 72.6 cm³/mol. The zero-order valence-corrected chi connectivity index (χ0v) is 11.7. The van der Waals surface area contributed by atoms with E-state index < -0.39 is 0 Å². The molecule has 92 valence electrons. The first-order valence-electron chi connectivity index (χ1n) is 6.13. The Labute approximate surface area is 111 Å². The van der Waals surface area contributed by atoms with Crippen LogP contribution in [0.3, 0.4) is 0 Å². The predicted octanol–water partition coefficient (Wildman–Crippen LogP) is 3.65. The van der Waals surface area contributed by atoms with Crippen molar-refractivity contribution in [1.82, 2.24) is 5.32 Å². The number of nitrogens with one attached hydrogen (secondary N) is 1. The molecule has 0 radical (unpaired) electrons. The van der Waals surface area contributed by atoms with E-state index in [2.05, 4.69) is 28.2 Å². The molecule has 0 bridgehead atoms. The molecule has 2 rings (SSSR count). The summed E-state index contributed by atoms with van der Waals surface area (Å²) in [5, 5.41) is 3.05. The van der Waals surface area contributed by atoms with Crippen molar-refractivity contribution in [3.05, 3.63) is 34.3 Å². The molecule has 1 aliphatic carbocycles. The molecule has 0 aliphatic heterocycles. The average molecular weight is 296 g/mol. The highest BCUT2D eigenvalue weighted by molar-refractivity contribution is 9.10. The first kappa shape index (κ1) is 12.6. The maximum absolute atomic E-state index is 12.1. The van der Waals surface area contributed by atoms with Crippen LogP contribution in [0.1, 0.15) is 38.2 Å². The number of benzene rings is 1. The summed E-state index contributed by atoms with van der Waals surface area (Å²) in [5.41, 5.74) is 1.00. The Hall–Kier alpha value is -0.830. The Kier molecular flexibility index (Phi) is 3.87. The molecule has 1 N–H and O–H groups in total. The van der Waals surface area contributed by atoms with Gasteiger partial charge in [0.15, 0.2) is 0 Å². The number of amides is 1. The van der Waals surface area contributed by atoms with E-state index in [9.17, 15) is 4.79 Å². The highest BCUT2D eigenvalue weighted by atomic mass is 79.9. The summed E-state index contributed by atoms with van der Waals surface area (Å²) in [7, 11) is 0. The minimum absolute atomic E-state index is 0.133. The quantitative estimate of drug-likeness (QED) is 0.906. The molecule has 1 saturated carbocycles. The second-order valence-electron chi connectivity index (χ2n) is 5.08. The van der Waals surface area contributed by atoms with Crippen molar-refractivity contribution in [2.45, 2.75) is 39.2 Å². The Morgan fingerprint density at radius 3 is 2.76 bits per heavy atom. The molecular weight excluding hydrogens is 278 g/mol. The molecule has 17 heavy (non-hydrogen) atoms. The van der Waals surface area contributed by atoms with Crippen LogP contribution >= 0.6 is 15.9 Å². The number of halogens is 1. The highest BCUT2D eigenvalue weighted by Crippen LogP contribution is 2.37. The summed E-state index contributed by atoms with van der Waals surface area (Å²) < 4.78 is 1.05. The third kappa shape index (κ3) is 3.09. The molecule has 1 aliphatic rings. The Balaban J connectivity index is 1.92. The Morgan fingerprint density at radius 2 is 2.12 bits per heavy atom. The maximum Gasteiger partial charge on any atom is 0.226 e. The number of hydrogen-bond donors (Lipinski definition) is 1. The lowest BCUT2D eigenvalue weighted by molar-refractivity contribution is -0.130. The fourth-order valence-corrected chi connectivity index (χ4v) is 2.87. The number of carbonyl (C=O) groups is 1. The Bertz CT molecular complexity index is 410. The summed E-state index contributed by atoms with van der Waals surface area (Å²) >= 11 is 3.43. The highest BCUT2D eigenvalue weighted by Gasteiger charge is 2.35. The van der Waals surface area contributed by atoms with Crippen LogP contribution in [-0.4, -0.2) is 5.91 Å². The van der Waals surface area contributed by atoms with Crippen LogP contribution in [0.25, 0.3) is 0 Å².